The predicted molar refractivity (Wildman–Crippen MR) is 70.3 cm³/mol. The van der Waals surface area contributed by atoms with E-state index in [1.54, 1.807) is 18.2 Å². The number of aliphatic hydroxyl groups is 1. The SMILES string of the molecule is O=C(O)[C@@]1(c2ccc(Cl)c(Cl)c2)CCCC[C@@H]1O. The number of rotatable bonds is 2. The van der Waals surface area contributed by atoms with Crippen molar-refractivity contribution >= 4 is 29.2 Å². The minimum absolute atomic E-state index is 0.313. The molecule has 1 aliphatic carbocycles. The molecule has 1 saturated carbocycles. The fourth-order valence-corrected chi connectivity index (χ4v) is 2.94. The lowest BCUT2D eigenvalue weighted by atomic mass is 9.67. The Morgan fingerprint density at radius 3 is 2.56 bits per heavy atom. The summed E-state index contributed by atoms with van der Waals surface area (Å²) in [5.74, 6) is -1.01. The van der Waals surface area contributed by atoms with E-state index in [4.69, 9.17) is 23.2 Å². The van der Waals surface area contributed by atoms with Crippen LogP contribution in [-0.4, -0.2) is 22.3 Å². The molecule has 1 aromatic rings. The van der Waals surface area contributed by atoms with Crippen LogP contribution in [0.25, 0.3) is 0 Å². The molecule has 0 bridgehead atoms. The van der Waals surface area contributed by atoms with Crippen molar-refractivity contribution in [3.8, 4) is 0 Å². The van der Waals surface area contributed by atoms with E-state index < -0.39 is 17.5 Å². The summed E-state index contributed by atoms with van der Waals surface area (Å²) in [6.45, 7) is 0. The summed E-state index contributed by atoms with van der Waals surface area (Å²) in [6, 6.07) is 4.76. The topological polar surface area (TPSA) is 57.5 Å². The van der Waals surface area contributed by atoms with Gasteiger partial charge < -0.3 is 10.2 Å². The number of hydrogen-bond acceptors (Lipinski definition) is 2. The van der Waals surface area contributed by atoms with E-state index in [0.29, 0.717) is 28.5 Å². The zero-order valence-corrected chi connectivity index (χ0v) is 11.2. The van der Waals surface area contributed by atoms with Crippen molar-refractivity contribution in [3.05, 3.63) is 33.8 Å². The van der Waals surface area contributed by atoms with E-state index in [1.807, 2.05) is 0 Å². The van der Waals surface area contributed by atoms with E-state index in [9.17, 15) is 15.0 Å². The summed E-state index contributed by atoms with van der Waals surface area (Å²) in [5, 5.41) is 20.4. The molecule has 2 N–H and O–H groups in total. The number of hydrogen-bond donors (Lipinski definition) is 2. The third-order valence-electron chi connectivity index (χ3n) is 3.68. The van der Waals surface area contributed by atoms with Crippen LogP contribution in [0, 0.1) is 0 Å². The van der Waals surface area contributed by atoms with E-state index in [2.05, 4.69) is 0 Å². The largest absolute Gasteiger partial charge is 0.481 e. The lowest BCUT2D eigenvalue weighted by Gasteiger charge is -2.38. The van der Waals surface area contributed by atoms with Crippen molar-refractivity contribution in [2.24, 2.45) is 0 Å². The van der Waals surface area contributed by atoms with E-state index >= 15 is 0 Å². The number of carbonyl (C=O) groups is 1. The molecule has 0 unspecified atom stereocenters. The summed E-state index contributed by atoms with van der Waals surface area (Å²) in [7, 11) is 0. The van der Waals surface area contributed by atoms with Gasteiger partial charge in [0.15, 0.2) is 0 Å². The number of halogens is 2. The summed E-state index contributed by atoms with van der Waals surface area (Å²) in [5.41, 5.74) is -0.733. The van der Waals surface area contributed by atoms with E-state index in [1.165, 1.54) is 0 Å². The maximum Gasteiger partial charge on any atom is 0.316 e. The molecule has 1 aromatic carbocycles. The van der Waals surface area contributed by atoms with Crippen LogP contribution in [0.5, 0.6) is 0 Å². The van der Waals surface area contributed by atoms with Gasteiger partial charge in [0.05, 0.1) is 16.1 Å². The molecular weight excluding hydrogens is 275 g/mol. The van der Waals surface area contributed by atoms with Gasteiger partial charge in [0, 0.05) is 0 Å². The zero-order valence-electron chi connectivity index (χ0n) is 9.70. The quantitative estimate of drug-likeness (QED) is 0.878. The molecule has 0 aromatic heterocycles. The Morgan fingerprint density at radius 1 is 1.28 bits per heavy atom. The molecule has 0 saturated heterocycles. The number of aliphatic carboxylic acids is 1. The van der Waals surface area contributed by atoms with Gasteiger partial charge >= 0.3 is 5.97 Å². The third-order valence-corrected chi connectivity index (χ3v) is 4.42. The van der Waals surface area contributed by atoms with Gasteiger partial charge in [0.25, 0.3) is 0 Å². The lowest BCUT2D eigenvalue weighted by molar-refractivity contribution is -0.151. The fraction of sp³-hybridized carbons (Fsp3) is 0.462. The highest BCUT2D eigenvalue weighted by Crippen LogP contribution is 2.41. The molecule has 98 valence electrons. The molecule has 2 rings (SSSR count). The Hall–Kier alpha value is -0.770. The van der Waals surface area contributed by atoms with Crippen molar-refractivity contribution in [1.82, 2.24) is 0 Å². The highest BCUT2D eigenvalue weighted by Gasteiger charge is 2.48. The molecule has 0 radical (unpaired) electrons. The van der Waals surface area contributed by atoms with Crippen LogP contribution >= 0.6 is 23.2 Å². The number of benzene rings is 1. The first-order valence-corrected chi connectivity index (χ1v) is 6.61. The maximum absolute atomic E-state index is 11.6. The molecule has 1 aliphatic rings. The average molecular weight is 289 g/mol. The monoisotopic (exact) mass is 288 g/mol. The first-order valence-electron chi connectivity index (χ1n) is 5.85. The summed E-state index contributed by atoms with van der Waals surface area (Å²) >= 11 is 11.8. The fourth-order valence-electron chi connectivity index (χ4n) is 2.64. The number of aliphatic hydroxyl groups excluding tert-OH is 1. The standard InChI is InChI=1S/C13H14Cl2O3/c14-9-5-4-8(7-10(9)15)13(12(17)18)6-2-1-3-11(13)16/h4-5,7,11,16H,1-3,6H2,(H,17,18)/t11-,13+/m0/s1. The summed E-state index contributed by atoms with van der Waals surface area (Å²) in [4.78, 5) is 11.6. The van der Waals surface area contributed by atoms with Crippen LogP contribution < -0.4 is 0 Å². The minimum atomic E-state index is -1.26. The molecule has 0 amide bonds. The molecule has 0 aliphatic heterocycles. The van der Waals surface area contributed by atoms with Crippen LogP contribution in [0.15, 0.2) is 18.2 Å². The van der Waals surface area contributed by atoms with E-state index in [-0.39, 0.29) is 0 Å². The Balaban J connectivity index is 2.52. The second-order valence-corrected chi connectivity index (χ2v) is 5.48. The van der Waals surface area contributed by atoms with Crippen molar-refractivity contribution in [1.29, 1.82) is 0 Å². The van der Waals surface area contributed by atoms with Crippen molar-refractivity contribution < 1.29 is 15.0 Å². The number of carboxylic acids is 1. The predicted octanol–water partition coefficient (Wildman–Crippen LogP) is 3.25. The minimum Gasteiger partial charge on any atom is -0.481 e. The molecule has 0 spiro atoms. The van der Waals surface area contributed by atoms with Gasteiger partial charge in [-0.1, -0.05) is 42.1 Å². The maximum atomic E-state index is 11.6. The first kappa shape index (κ1) is 13.7. The molecule has 1 fully saturated rings. The summed E-state index contributed by atoms with van der Waals surface area (Å²) in [6.07, 6.45) is 1.65. The summed E-state index contributed by atoms with van der Waals surface area (Å²) < 4.78 is 0. The molecule has 0 heterocycles. The van der Waals surface area contributed by atoms with Crippen molar-refractivity contribution in [3.63, 3.8) is 0 Å². The first-order chi connectivity index (χ1) is 8.48. The molecule has 5 heteroatoms. The highest BCUT2D eigenvalue weighted by atomic mass is 35.5. The Kier molecular flexibility index (Phi) is 3.85. The van der Waals surface area contributed by atoms with Gasteiger partial charge in [0.1, 0.15) is 5.41 Å². The van der Waals surface area contributed by atoms with Gasteiger partial charge in [-0.3, -0.25) is 4.79 Å². The van der Waals surface area contributed by atoms with Crippen molar-refractivity contribution in [2.45, 2.75) is 37.2 Å². The van der Waals surface area contributed by atoms with Crippen LogP contribution in [0.3, 0.4) is 0 Å². The smallest absolute Gasteiger partial charge is 0.316 e. The van der Waals surface area contributed by atoms with Gasteiger partial charge in [-0.05, 0) is 30.5 Å². The normalized spacial score (nSPS) is 28.1. The second-order valence-electron chi connectivity index (χ2n) is 4.67. The second kappa shape index (κ2) is 5.08. The molecular formula is C13H14Cl2O3. The van der Waals surface area contributed by atoms with Gasteiger partial charge in [-0.25, -0.2) is 0 Å². The van der Waals surface area contributed by atoms with Crippen molar-refractivity contribution in [2.75, 3.05) is 0 Å². The Labute approximate surface area is 115 Å². The van der Waals surface area contributed by atoms with Gasteiger partial charge in [0.2, 0.25) is 0 Å². The van der Waals surface area contributed by atoms with Crippen LogP contribution in [0.1, 0.15) is 31.2 Å². The molecule has 18 heavy (non-hydrogen) atoms. The molecule has 2 atom stereocenters. The number of carboxylic acid groups (broad SMARTS) is 1. The van der Waals surface area contributed by atoms with Crippen LogP contribution in [-0.2, 0) is 10.2 Å². The van der Waals surface area contributed by atoms with Crippen LogP contribution in [0.2, 0.25) is 10.0 Å². The lowest BCUT2D eigenvalue weighted by Crippen LogP contribution is -2.48. The van der Waals surface area contributed by atoms with Gasteiger partial charge in [-0.15, -0.1) is 0 Å². The zero-order chi connectivity index (χ0) is 13.3. The van der Waals surface area contributed by atoms with Gasteiger partial charge in [-0.2, -0.15) is 0 Å². The van der Waals surface area contributed by atoms with Crippen LogP contribution in [0.4, 0.5) is 0 Å². The Morgan fingerprint density at radius 2 is 2.00 bits per heavy atom. The highest BCUT2D eigenvalue weighted by molar-refractivity contribution is 6.42. The average Bonchev–Trinajstić information content (AvgIpc) is 2.33. The third kappa shape index (κ3) is 2.11. The molecule has 3 nitrogen and oxygen atoms in total. The Bertz CT molecular complexity index is 475. The van der Waals surface area contributed by atoms with E-state index in [0.717, 1.165) is 12.8 Å².